The van der Waals surface area contributed by atoms with Crippen molar-refractivity contribution in [2.45, 2.75) is 20.3 Å². The summed E-state index contributed by atoms with van der Waals surface area (Å²) in [7, 11) is 0. The minimum Gasteiger partial charge on any atom is -0.320 e. The average Bonchev–Trinajstić information content (AvgIpc) is 3.07. The number of para-hydroxylation sites is 1. The number of rotatable bonds is 4. The van der Waals surface area contributed by atoms with E-state index < -0.39 is 0 Å². The van der Waals surface area contributed by atoms with Gasteiger partial charge in [-0.3, -0.25) is 9.78 Å². The molecular weight excluding hydrogens is 306 g/mol. The molecule has 3 rings (SSSR count). The molecule has 0 saturated carbocycles. The Morgan fingerprint density at radius 1 is 1.26 bits per heavy atom. The van der Waals surface area contributed by atoms with E-state index in [1.54, 1.807) is 17.8 Å². The Labute approximate surface area is 139 Å². The molecule has 116 valence electrons. The number of benzene rings is 1. The Bertz CT molecular complexity index is 827. The van der Waals surface area contributed by atoms with Crippen LogP contribution in [0.2, 0.25) is 0 Å². The Morgan fingerprint density at radius 2 is 2.13 bits per heavy atom. The van der Waals surface area contributed by atoms with Gasteiger partial charge in [-0.2, -0.15) is 0 Å². The number of carbonyl (C=O) groups is 1. The number of amides is 1. The summed E-state index contributed by atoms with van der Waals surface area (Å²) in [5.41, 5.74) is 4.42. The van der Waals surface area contributed by atoms with Crippen molar-refractivity contribution < 1.29 is 4.79 Å². The van der Waals surface area contributed by atoms with E-state index >= 15 is 0 Å². The van der Waals surface area contributed by atoms with Gasteiger partial charge in [0.05, 0.1) is 0 Å². The average molecular weight is 323 g/mol. The van der Waals surface area contributed by atoms with Crippen LogP contribution in [0.1, 0.15) is 28.5 Å². The molecule has 1 N–H and O–H groups in total. The van der Waals surface area contributed by atoms with E-state index in [0.29, 0.717) is 5.69 Å². The number of nitrogens with zero attached hydrogens (tertiary/aromatic N) is 2. The first-order valence-electron chi connectivity index (χ1n) is 7.44. The molecule has 5 heteroatoms. The van der Waals surface area contributed by atoms with Crippen LogP contribution in [0.3, 0.4) is 0 Å². The number of aryl methyl sites for hydroxylation is 2. The number of anilines is 1. The van der Waals surface area contributed by atoms with Crippen molar-refractivity contribution in [2.24, 2.45) is 0 Å². The second kappa shape index (κ2) is 6.71. The van der Waals surface area contributed by atoms with Crippen molar-refractivity contribution >= 4 is 22.9 Å². The van der Waals surface area contributed by atoms with Gasteiger partial charge in [-0.25, -0.2) is 4.98 Å². The number of pyridine rings is 1. The van der Waals surface area contributed by atoms with Gasteiger partial charge in [0.15, 0.2) is 0 Å². The molecule has 0 fully saturated rings. The van der Waals surface area contributed by atoms with Crippen LogP contribution in [0.25, 0.3) is 10.6 Å². The molecule has 0 aliphatic rings. The van der Waals surface area contributed by atoms with Gasteiger partial charge in [-0.1, -0.05) is 25.1 Å². The van der Waals surface area contributed by atoms with Gasteiger partial charge in [0, 0.05) is 29.0 Å². The van der Waals surface area contributed by atoms with Crippen molar-refractivity contribution in [3.63, 3.8) is 0 Å². The second-order valence-electron chi connectivity index (χ2n) is 5.20. The number of aromatic nitrogens is 2. The molecule has 0 atom stereocenters. The molecule has 0 unspecified atom stereocenters. The highest BCUT2D eigenvalue weighted by molar-refractivity contribution is 7.13. The zero-order valence-electron chi connectivity index (χ0n) is 13.0. The Hall–Kier alpha value is -2.53. The van der Waals surface area contributed by atoms with Crippen LogP contribution in [0.5, 0.6) is 0 Å². The molecule has 23 heavy (non-hydrogen) atoms. The van der Waals surface area contributed by atoms with Crippen LogP contribution in [0, 0.1) is 6.92 Å². The van der Waals surface area contributed by atoms with E-state index in [1.807, 2.05) is 37.3 Å². The van der Waals surface area contributed by atoms with E-state index in [-0.39, 0.29) is 5.91 Å². The van der Waals surface area contributed by atoms with Crippen LogP contribution in [0.15, 0.2) is 48.1 Å². The normalized spacial score (nSPS) is 10.5. The molecule has 0 saturated heterocycles. The molecule has 3 aromatic rings. The van der Waals surface area contributed by atoms with Gasteiger partial charge < -0.3 is 5.32 Å². The fourth-order valence-electron chi connectivity index (χ4n) is 2.38. The maximum absolute atomic E-state index is 12.5. The summed E-state index contributed by atoms with van der Waals surface area (Å²) < 4.78 is 0. The fourth-order valence-corrected chi connectivity index (χ4v) is 3.17. The van der Waals surface area contributed by atoms with Crippen LogP contribution in [-0.4, -0.2) is 15.9 Å². The van der Waals surface area contributed by atoms with Gasteiger partial charge >= 0.3 is 0 Å². The molecule has 0 spiro atoms. The van der Waals surface area contributed by atoms with E-state index in [4.69, 9.17) is 0 Å². The van der Waals surface area contributed by atoms with E-state index in [9.17, 15) is 4.79 Å². The lowest BCUT2D eigenvalue weighted by molar-refractivity contribution is 0.102. The zero-order valence-corrected chi connectivity index (χ0v) is 13.9. The quantitative estimate of drug-likeness (QED) is 0.777. The molecule has 4 nitrogen and oxygen atoms in total. The standard InChI is InChI=1S/C18H17N3OS/c1-3-13-7-4-6-12(2)16(13)21-17(22)15-11-23-18(20-15)14-8-5-9-19-10-14/h4-11H,3H2,1-2H3,(H,21,22). The Balaban J connectivity index is 1.84. The predicted octanol–water partition coefficient (Wildman–Crippen LogP) is 4.33. The van der Waals surface area contributed by atoms with Gasteiger partial charge in [0.2, 0.25) is 0 Å². The largest absolute Gasteiger partial charge is 0.320 e. The van der Waals surface area contributed by atoms with Crippen LogP contribution in [0.4, 0.5) is 5.69 Å². The van der Waals surface area contributed by atoms with Crippen molar-refractivity contribution in [3.05, 3.63) is 64.9 Å². The summed E-state index contributed by atoms with van der Waals surface area (Å²) in [6, 6.07) is 9.83. The van der Waals surface area contributed by atoms with Crippen molar-refractivity contribution in [2.75, 3.05) is 5.32 Å². The van der Waals surface area contributed by atoms with Gasteiger partial charge in [-0.15, -0.1) is 11.3 Å². The molecule has 0 bridgehead atoms. The lowest BCUT2D eigenvalue weighted by Gasteiger charge is -2.11. The number of nitrogens with one attached hydrogen (secondary N) is 1. The lowest BCUT2D eigenvalue weighted by atomic mass is 10.1. The van der Waals surface area contributed by atoms with E-state index in [1.165, 1.54) is 11.3 Å². The molecular formula is C18H17N3OS. The summed E-state index contributed by atoms with van der Waals surface area (Å²) in [6.07, 6.45) is 4.33. The molecule has 0 radical (unpaired) electrons. The highest BCUT2D eigenvalue weighted by atomic mass is 32.1. The molecule has 2 aromatic heterocycles. The van der Waals surface area contributed by atoms with Crippen LogP contribution >= 0.6 is 11.3 Å². The third-order valence-electron chi connectivity index (χ3n) is 3.62. The number of thiazole rings is 1. The smallest absolute Gasteiger partial charge is 0.275 e. The van der Waals surface area contributed by atoms with E-state index in [0.717, 1.165) is 33.8 Å². The first-order valence-corrected chi connectivity index (χ1v) is 8.32. The Morgan fingerprint density at radius 3 is 2.87 bits per heavy atom. The summed E-state index contributed by atoms with van der Waals surface area (Å²) in [4.78, 5) is 21.0. The van der Waals surface area contributed by atoms with Gasteiger partial charge in [0.25, 0.3) is 5.91 Å². The number of hydrogen-bond acceptors (Lipinski definition) is 4. The third-order valence-corrected chi connectivity index (χ3v) is 4.52. The van der Waals surface area contributed by atoms with E-state index in [2.05, 4.69) is 22.2 Å². The maximum atomic E-state index is 12.5. The summed E-state index contributed by atoms with van der Waals surface area (Å²) in [5.74, 6) is -0.180. The second-order valence-corrected chi connectivity index (χ2v) is 6.05. The first-order chi connectivity index (χ1) is 11.2. The molecule has 1 amide bonds. The highest BCUT2D eigenvalue weighted by Crippen LogP contribution is 2.25. The van der Waals surface area contributed by atoms with Crippen molar-refractivity contribution in [3.8, 4) is 10.6 Å². The summed E-state index contributed by atoms with van der Waals surface area (Å²) in [5, 5.41) is 5.57. The number of hydrogen-bond donors (Lipinski definition) is 1. The summed E-state index contributed by atoms with van der Waals surface area (Å²) >= 11 is 1.44. The van der Waals surface area contributed by atoms with Crippen molar-refractivity contribution in [1.29, 1.82) is 0 Å². The zero-order chi connectivity index (χ0) is 16.2. The number of carbonyl (C=O) groups excluding carboxylic acids is 1. The highest BCUT2D eigenvalue weighted by Gasteiger charge is 2.14. The van der Waals surface area contributed by atoms with Crippen LogP contribution < -0.4 is 5.32 Å². The predicted molar refractivity (Wildman–Crippen MR) is 93.9 cm³/mol. The maximum Gasteiger partial charge on any atom is 0.275 e. The van der Waals surface area contributed by atoms with Crippen molar-refractivity contribution in [1.82, 2.24) is 9.97 Å². The monoisotopic (exact) mass is 323 g/mol. The summed E-state index contributed by atoms with van der Waals surface area (Å²) in [6.45, 7) is 4.07. The molecule has 2 heterocycles. The third kappa shape index (κ3) is 3.29. The van der Waals surface area contributed by atoms with Gasteiger partial charge in [-0.05, 0) is 36.6 Å². The first kappa shape index (κ1) is 15.4. The lowest BCUT2D eigenvalue weighted by Crippen LogP contribution is -2.14. The SMILES string of the molecule is CCc1cccc(C)c1NC(=O)c1csc(-c2cccnc2)n1. The van der Waals surface area contributed by atoms with Gasteiger partial charge in [0.1, 0.15) is 10.7 Å². The molecule has 1 aromatic carbocycles. The molecule has 0 aliphatic heterocycles. The minimum atomic E-state index is -0.180. The fraction of sp³-hybridized carbons (Fsp3) is 0.167. The molecule has 0 aliphatic carbocycles. The Kier molecular flexibility index (Phi) is 4.48. The topological polar surface area (TPSA) is 54.9 Å². The van der Waals surface area contributed by atoms with Crippen LogP contribution in [-0.2, 0) is 6.42 Å². The minimum absolute atomic E-state index is 0.180.